The summed E-state index contributed by atoms with van der Waals surface area (Å²) in [4.78, 5) is 18.7. The normalized spacial score (nSPS) is 23.0. The van der Waals surface area contributed by atoms with E-state index in [1.165, 1.54) is 22.9 Å². The van der Waals surface area contributed by atoms with Crippen molar-refractivity contribution >= 4 is 15.6 Å². The summed E-state index contributed by atoms with van der Waals surface area (Å²) in [6, 6.07) is 13.5. The Morgan fingerprint density at radius 2 is 1.87 bits per heavy atom. The van der Waals surface area contributed by atoms with Crippen LogP contribution in [0.3, 0.4) is 0 Å². The number of benzene rings is 1. The van der Waals surface area contributed by atoms with Crippen molar-refractivity contribution < 1.29 is 17.6 Å². The average molecular weight is 533 g/mol. The second-order valence-electron chi connectivity index (χ2n) is 10.7. The Hall–Kier alpha value is -3.59. The van der Waals surface area contributed by atoms with Crippen LogP contribution in [0.4, 0.5) is 4.39 Å². The minimum absolute atomic E-state index is 0.0471. The Bertz CT molecular complexity index is 1640. The topological polar surface area (TPSA) is 86.9 Å². The predicted molar refractivity (Wildman–Crippen MR) is 140 cm³/mol. The number of aryl methyl sites for hydroxylation is 2. The number of pyridine rings is 1. The molecule has 1 aromatic carbocycles. The molecule has 2 aliphatic carbocycles. The zero-order valence-corrected chi connectivity index (χ0v) is 22.2. The van der Waals surface area contributed by atoms with Gasteiger partial charge < -0.3 is 4.57 Å². The summed E-state index contributed by atoms with van der Waals surface area (Å²) in [7, 11) is -2.03. The van der Waals surface area contributed by atoms with Crippen LogP contribution in [0.15, 0.2) is 72.1 Å². The van der Waals surface area contributed by atoms with Crippen molar-refractivity contribution in [1.82, 2.24) is 19.3 Å². The zero-order valence-electron chi connectivity index (χ0n) is 21.3. The molecule has 38 heavy (non-hydrogen) atoms. The van der Waals surface area contributed by atoms with Gasteiger partial charge in [0.25, 0.3) is 0 Å². The minimum atomic E-state index is -3.72. The zero-order chi connectivity index (χ0) is 26.7. The van der Waals surface area contributed by atoms with Gasteiger partial charge in [-0.15, -0.1) is 0 Å². The Morgan fingerprint density at radius 3 is 2.58 bits per heavy atom. The number of nitrogens with zero attached hydrogens (tertiary/aromatic N) is 4. The van der Waals surface area contributed by atoms with Crippen molar-refractivity contribution in [1.29, 1.82) is 0 Å². The maximum absolute atomic E-state index is 14.3. The highest BCUT2D eigenvalue weighted by molar-refractivity contribution is 7.92. The summed E-state index contributed by atoms with van der Waals surface area (Å²) in [5, 5.41) is 3.53. The third kappa shape index (κ3) is 4.00. The van der Waals surface area contributed by atoms with Crippen LogP contribution in [0.25, 0.3) is 5.69 Å². The monoisotopic (exact) mass is 532 g/mol. The molecule has 0 radical (unpaired) electrons. The van der Waals surface area contributed by atoms with Crippen LogP contribution in [-0.4, -0.2) is 38.8 Å². The molecule has 9 heteroatoms. The SMILES string of the molecule is Cc1ccnc(C(=O)[C@]23Cc4ccn(-c5ccc(F)cc5)c4CC2CC[C@H](S(=O)(=O)c2ccn(C)n2)C3)c1. The number of Topliss-reactive ketones (excluding diaryl/α,β-unsaturated/α-hetero) is 1. The number of halogens is 1. The lowest BCUT2D eigenvalue weighted by molar-refractivity contribution is 0.0487. The first-order valence-corrected chi connectivity index (χ1v) is 14.4. The molecule has 4 aromatic rings. The molecular weight excluding hydrogens is 503 g/mol. The van der Waals surface area contributed by atoms with Gasteiger partial charge in [-0.1, -0.05) is 0 Å². The summed E-state index contributed by atoms with van der Waals surface area (Å²) >= 11 is 0. The van der Waals surface area contributed by atoms with Crippen molar-refractivity contribution in [3.63, 3.8) is 0 Å². The molecule has 6 rings (SSSR count). The highest BCUT2D eigenvalue weighted by Gasteiger charge is 2.55. The first-order valence-electron chi connectivity index (χ1n) is 12.8. The van der Waals surface area contributed by atoms with E-state index in [0.29, 0.717) is 31.4 Å². The van der Waals surface area contributed by atoms with Crippen molar-refractivity contribution in [2.45, 2.75) is 49.3 Å². The first kappa shape index (κ1) is 24.7. The lowest BCUT2D eigenvalue weighted by Crippen LogP contribution is -2.51. The van der Waals surface area contributed by atoms with E-state index in [1.54, 1.807) is 37.6 Å². The predicted octanol–water partition coefficient (Wildman–Crippen LogP) is 4.66. The van der Waals surface area contributed by atoms with Crippen LogP contribution in [0.5, 0.6) is 0 Å². The molecule has 196 valence electrons. The number of hydrogen-bond donors (Lipinski definition) is 0. The summed E-state index contributed by atoms with van der Waals surface area (Å²) in [6.07, 6.45) is 7.58. The van der Waals surface area contributed by atoms with Crippen LogP contribution in [0, 0.1) is 24.1 Å². The fourth-order valence-electron chi connectivity index (χ4n) is 6.42. The van der Waals surface area contributed by atoms with Gasteiger partial charge in [0.05, 0.1) is 5.25 Å². The molecule has 0 spiro atoms. The van der Waals surface area contributed by atoms with E-state index < -0.39 is 20.5 Å². The number of ketones is 1. The lowest BCUT2D eigenvalue weighted by Gasteiger charge is -2.48. The van der Waals surface area contributed by atoms with Gasteiger partial charge in [0.15, 0.2) is 20.6 Å². The Labute approximate surface area is 221 Å². The number of hydrogen-bond acceptors (Lipinski definition) is 5. The maximum atomic E-state index is 14.3. The minimum Gasteiger partial charge on any atom is -0.321 e. The molecule has 3 aromatic heterocycles. The van der Waals surface area contributed by atoms with Gasteiger partial charge in [0.1, 0.15) is 11.5 Å². The maximum Gasteiger partial charge on any atom is 0.200 e. The van der Waals surface area contributed by atoms with E-state index in [2.05, 4.69) is 14.6 Å². The van der Waals surface area contributed by atoms with Crippen molar-refractivity contribution in [2.24, 2.45) is 18.4 Å². The third-order valence-electron chi connectivity index (χ3n) is 8.37. The van der Waals surface area contributed by atoms with Crippen LogP contribution in [0.1, 0.15) is 46.6 Å². The largest absolute Gasteiger partial charge is 0.321 e. The molecule has 0 N–H and O–H groups in total. The highest BCUT2D eigenvalue weighted by Crippen LogP contribution is 2.53. The number of carbonyl (C=O) groups excluding carboxylic acids is 1. The van der Waals surface area contributed by atoms with Crippen molar-refractivity contribution in [2.75, 3.05) is 0 Å². The Morgan fingerprint density at radius 1 is 1.08 bits per heavy atom. The second kappa shape index (κ2) is 9.01. The van der Waals surface area contributed by atoms with Crippen LogP contribution >= 0.6 is 0 Å². The lowest BCUT2D eigenvalue weighted by atomic mass is 9.56. The molecule has 2 aliphatic rings. The van der Waals surface area contributed by atoms with Crippen LogP contribution in [-0.2, 0) is 29.7 Å². The number of fused-ring (bicyclic) bond motifs is 2. The van der Waals surface area contributed by atoms with Gasteiger partial charge in [0.2, 0.25) is 0 Å². The van der Waals surface area contributed by atoms with E-state index >= 15 is 0 Å². The molecule has 1 unspecified atom stereocenters. The summed E-state index contributed by atoms with van der Waals surface area (Å²) in [6.45, 7) is 1.92. The second-order valence-corrected chi connectivity index (χ2v) is 12.9. The number of sulfone groups is 1. The average Bonchev–Trinajstić information content (AvgIpc) is 3.53. The molecular formula is C29H29FN4O3S. The Kier molecular flexibility index (Phi) is 5.86. The van der Waals surface area contributed by atoms with Crippen LogP contribution in [0.2, 0.25) is 0 Å². The summed E-state index contributed by atoms with van der Waals surface area (Å²) in [5.74, 6) is -0.432. The van der Waals surface area contributed by atoms with Gasteiger partial charge in [-0.25, -0.2) is 12.8 Å². The Balaban J connectivity index is 1.43. The van der Waals surface area contributed by atoms with E-state index in [0.717, 1.165) is 22.5 Å². The van der Waals surface area contributed by atoms with Gasteiger partial charge in [-0.3, -0.25) is 14.5 Å². The van der Waals surface area contributed by atoms with E-state index in [1.807, 2.05) is 25.3 Å². The smallest absolute Gasteiger partial charge is 0.200 e. The fraction of sp³-hybridized carbons (Fsp3) is 0.345. The van der Waals surface area contributed by atoms with Gasteiger partial charge >= 0.3 is 0 Å². The van der Waals surface area contributed by atoms with E-state index in [4.69, 9.17) is 0 Å². The summed E-state index contributed by atoms with van der Waals surface area (Å²) < 4.78 is 44.4. The van der Waals surface area contributed by atoms with E-state index in [9.17, 15) is 17.6 Å². The van der Waals surface area contributed by atoms with Crippen LogP contribution < -0.4 is 0 Å². The van der Waals surface area contributed by atoms with E-state index in [-0.39, 0.29) is 29.0 Å². The quantitative estimate of drug-likeness (QED) is 0.349. The molecule has 1 saturated carbocycles. The molecule has 0 saturated heterocycles. The number of rotatable bonds is 5. The molecule has 1 fully saturated rings. The number of carbonyl (C=O) groups is 1. The van der Waals surface area contributed by atoms with Crippen molar-refractivity contribution in [3.8, 4) is 5.69 Å². The highest BCUT2D eigenvalue weighted by atomic mass is 32.2. The molecule has 0 bridgehead atoms. The third-order valence-corrected chi connectivity index (χ3v) is 10.4. The van der Waals surface area contributed by atoms with Crippen molar-refractivity contribution in [3.05, 3.63) is 95.5 Å². The number of aromatic nitrogens is 4. The molecule has 0 amide bonds. The first-order chi connectivity index (χ1) is 18.2. The standard InChI is InChI=1S/C29H29FN4O3S/c1-19-9-12-31-25(15-19)28(35)29-17-20-10-14-34(23-6-4-22(30)5-7-23)26(20)16-21(29)3-8-24(18-29)38(36,37)27-11-13-33(2)32-27/h4-7,9-15,21,24H,3,8,16-18H2,1-2H3/t21?,24-,29-/m0/s1. The van der Waals surface area contributed by atoms with Gasteiger partial charge in [-0.05, 0) is 105 Å². The molecule has 3 heterocycles. The van der Waals surface area contributed by atoms with Gasteiger partial charge in [-0.2, -0.15) is 5.10 Å². The molecule has 3 atom stereocenters. The molecule has 7 nitrogen and oxygen atoms in total. The molecule has 0 aliphatic heterocycles. The fourth-order valence-corrected chi connectivity index (χ4v) is 8.22. The summed E-state index contributed by atoms with van der Waals surface area (Å²) in [5.41, 5.74) is 3.39. The van der Waals surface area contributed by atoms with Gasteiger partial charge in [0, 0.05) is 42.4 Å².